The van der Waals surface area contributed by atoms with Crippen LogP contribution in [0.5, 0.6) is 0 Å². The molecule has 190 valence electrons. The zero-order valence-electron chi connectivity index (χ0n) is 19.7. The highest BCUT2D eigenvalue weighted by molar-refractivity contribution is 5.83. The van der Waals surface area contributed by atoms with Gasteiger partial charge in [0.2, 0.25) is 5.91 Å². The Hall–Kier alpha value is -3.88. The van der Waals surface area contributed by atoms with Crippen molar-refractivity contribution in [3.63, 3.8) is 0 Å². The van der Waals surface area contributed by atoms with Gasteiger partial charge in [0.05, 0.1) is 31.6 Å². The standard InChI is InChI=1S/C21H27N11O4/c1-31(2)18-16-19(26-9-25-18)32(10-27-16)21-17(34)15(14(8-33)36-21)29-20(35)13(22)5-11-3-4-12(24-6-11)7-28-30-23/h3-4,6,9-10,13-15,17,21,33-34H,5,7-8,22H2,1-2H3,(H,29,35). The number of hydrogen-bond donors (Lipinski definition) is 4. The molecule has 0 saturated carbocycles. The SMILES string of the molecule is CN(C)c1ncnc2c1ncn2C1OC(CO)C(NC(=O)C(N)Cc2ccc(CN=[N+]=[N-])nc2)C1O. The Kier molecular flexibility index (Phi) is 7.57. The molecule has 0 radical (unpaired) electrons. The minimum Gasteiger partial charge on any atom is -0.394 e. The Morgan fingerprint density at radius 1 is 1.36 bits per heavy atom. The van der Waals surface area contributed by atoms with Crippen LogP contribution >= 0.6 is 0 Å². The zero-order valence-corrected chi connectivity index (χ0v) is 19.7. The number of carbonyl (C=O) groups excluding carboxylic acids is 1. The molecular weight excluding hydrogens is 470 g/mol. The van der Waals surface area contributed by atoms with Gasteiger partial charge in [0.25, 0.3) is 0 Å². The summed E-state index contributed by atoms with van der Waals surface area (Å²) in [5.41, 5.74) is 16.8. The number of azide groups is 1. The van der Waals surface area contributed by atoms with Gasteiger partial charge in [0, 0.05) is 30.9 Å². The monoisotopic (exact) mass is 497 g/mol. The van der Waals surface area contributed by atoms with Gasteiger partial charge in [-0.2, -0.15) is 0 Å². The van der Waals surface area contributed by atoms with Gasteiger partial charge in [-0.25, -0.2) is 15.0 Å². The van der Waals surface area contributed by atoms with E-state index < -0.39 is 43.0 Å². The summed E-state index contributed by atoms with van der Waals surface area (Å²) in [5.74, 6) is 0.0775. The van der Waals surface area contributed by atoms with Crippen molar-refractivity contribution in [2.75, 3.05) is 25.6 Å². The minimum atomic E-state index is -1.21. The van der Waals surface area contributed by atoms with E-state index in [0.717, 1.165) is 0 Å². The highest BCUT2D eigenvalue weighted by Crippen LogP contribution is 2.32. The van der Waals surface area contributed by atoms with Crippen LogP contribution in [-0.2, 0) is 22.5 Å². The Balaban J connectivity index is 1.46. The lowest BCUT2D eigenvalue weighted by Gasteiger charge is -2.23. The average molecular weight is 498 g/mol. The van der Waals surface area contributed by atoms with E-state index in [2.05, 4.69) is 35.3 Å². The number of nitrogens with zero attached hydrogens (tertiary/aromatic N) is 9. The molecule has 0 bridgehead atoms. The van der Waals surface area contributed by atoms with Crippen molar-refractivity contribution >= 4 is 22.9 Å². The number of imidazole rings is 1. The van der Waals surface area contributed by atoms with Crippen molar-refractivity contribution < 1.29 is 19.7 Å². The molecule has 4 rings (SSSR count). The molecule has 0 spiro atoms. The molecule has 0 aliphatic carbocycles. The van der Waals surface area contributed by atoms with Gasteiger partial charge in [-0.3, -0.25) is 14.3 Å². The number of rotatable bonds is 9. The quantitative estimate of drug-likeness (QED) is 0.167. The van der Waals surface area contributed by atoms with E-state index in [1.807, 2.05) is 14.1 Å². The van der Waals surface area contributed by atoms with Crippen LogP contribution in [0.1, 0.15) is 17.5 Å². The summed E-state index contributed by atoms with van der Waals surface area (Å²) in [6, 6.07) is 1.58. The van der Waals surface area contributed by atoms with Crippen molar-refractivity contribution in [3.05, 3.63) is 52.7 Å². The third-order valence-corrected chi connectivity index (χ3v) is 5.88. The lowest BCUT2D eigenvalue weighted by molar-refractivity contribution is -0.124. The number of anilines is 1. The van der Waals surface area contributed by atoms with Gasteiger partial charge in [0.1, 0.15) is 18.5 Å². The zero-order chi connectivity index (χ0) is 25.8. The van der Waals surface area contributed by atoms with E-state index >= 15 is 0 Å². The third-order valence-electron chi connectivity index (χ3n) is 5.88. The summed E-state index contributed by atoms with van der Waals surface area (Å²) in [5, 5.41) is 27.1. The van der Waals surface area contributed by atoms with Gasteiger partial charge in [-0.1, -0.05) is 11.2 Å². The van der Waals surface area contributed by atoms with Crippen LogP contribution in [0.2, 0.25) is 0 Å². The number of nitrogens with one attached hydrogen (secondary N) is 1. The largest absolute Gasteiger partial charge is 0.394 e. The third kappa shape index (κ3) is 5.05. The van der Waals surface area contributed by atoms with E-state index in [1.165, 1.54) is 12.7 Å². The van der Waals surface area contributed by atoms with Crippen molar-refractivity contribution in [2.24, 2.45) is 10.8 Å². The van der Waals surface area contributed by atoms with Crippen LogP contribution < -0.4 is 16.0 Å². The molecule has 1 saturated heterocycles. The molecule has 5 N–H and O–H groups in total. The lowest BCUT2D eigenvalue weighted by atomic mass is 10.0. The number of aromatic nitrogens is 5. The number of amides is 1. The van der Waals surface area contributed by atoms with Gasteiger partial charge in [0.15, 0.2) is 23.2 Å². The number of aliphatic hydroxyl groups excluding tert-OH is 2. The fourth-order valence-corrected chi connectivity index (χ4v) is 4.05. The maximum atomic E-state index is 12.8. The van der Waals surface area contributed by atoms with Crippen LogP contribution in [0.4, 0.5) is 5.82 Å². The highest BCUT2D eigenvalue weighted by Gasteiger charge is 2.46. The van der Waals surface area contributed by atoms with E-state index in [-0.39, 0.29) is 13.0 Å². The number of carbonyl (C=O) groups is 1. The molecule has 1 aliphatic rings. The van der Waals surface area contributed by atoms with Gasteiger partial charge >= 0.3 is 0 Å². The van der Waals surface area contributed by atoms with Crippen molar-refractivity contribution in [2.45, 2.75) is 43.5 Å². The predicted molar refractivity (Wildman–Crippen MR) is 127 cm³/mol. The summed E-state index contributed by atoms with van der Waals surface area (Å²) in [4.78, 5) is 34.4. The number of aliphatic hydroxyl groups is 2. The molecule has 15 nitrogen and oxygen atoms in total. The molecule has 1 fully saturated rings. The van der Waals surface area contributed by atoms with Crippen LogP contribution in [0.3, 0.4) is 0 Å². The second kappa shape index (κ2) is 10.8. The van der Waals surface area contributed by atoms with Gasteiger partial charge < -0.3 is 30.9 Å². The van der Waals surface area contributed by atoms with E-state index in [9.17, 15) is 15.0 Å². The fourth-order valence-electron chi connectivity index (χ4n) is 4.05. The molecule has 5 unspecified atom stereocenters. The number of pyridine rings is 1. The smallest absolute Gasteiger partial charge is 0.237 e. The van der Waals surface area contributed by atoms with Crippen LogP contribution in [0.15, 0.2) is 36.1 Å². The number of fused-ring (bicyclic) bond motifs is 1. The first-order valence-electron chi connectivity index (χ1n) is 11.1. The maximum absolute atomic E-state index is 12.8. The fraction of sp³-hybridized carbons (Fsp3) is 0.476. The molecule has 15 heteroatoms. The van der Waals surface area contributed by atoms with Gasteiger partial charge in [-0.15, -0.1) is 0 Å². The molecule has 3 aromatic heterocycles. The Morgan fingerprint density at radius 2 is 2.17 bits per heavy atom. The van der Waals surface area contributed by atoms with E-state index in [4.69, 9.17) is 16.0 Å². The average Bonchev–Trinajstić information content (AvgIpc) is 3.44. The number of nitrogens with two attached hydrogens (primary N) is 1. The summed E-state index contributed by atoms with van der Waals surface area (Å²) < 4.78 is 7.43. The molecule has 5 atom stereocenters. The Morgan fingerprint density at radius 3 is 2.83 bits per heavy atom. The molecular formula is C21H27N11O4. The van der Waals surface area contributed by atoms with E-state index in [0.29, 0.717) is 28.2 Å². The molecule has 4 heterocycles. The summed E-state index contributed by atoms with van der Waals surface area (Å²) in [6.07, 6.45) is 1.56. The van der Waals surface area contributed by atoms with Crippen molar-refractivity contribution in [1.82, 2.24) is 29.8 Å². The normalized spacial score (nSPS) is 22.2. The highest BCUT2D eigenvalue weighted by atomic mass is 16.5. The number of hydrogen-bond acceptors (Lipinski definition) is 11. The van der Waals surface area contributed by atoms with Crippen LogP contribution in [0.25, 0.3) is 21.6 Å². The first-order chi connectivity index (χ1) is 17.3. The molecule has 36 heavy (non-hydrogen) atoms. The second-order valence-electron chi connectivity index (χ2n) is 8.55. The summed E-state index contributed by atoms with van der Waals surface area (Å²) >= 11 is 0. The number of ether oxygens (including phenoxy) is 1. The Bertz CT molecular complexity index is 1260. The van der Waals surface area contributed by atoms with E-state index in [1.54, 1.807) is 27.8 Å². The summed E-state index contributed by atoms with van der Waals surface area (Å²) in [7, 11) is 3.65. The van der Waals surface area contributed by atoms with Crippen molar-refractivity contribution in [3.8, 4) is 0 Å². The lowest BCUT2D eigenvalue weighted by Crippen LogP contribution is -2.53. The van der Waals surface area contributed by atoms with Crippen LogP contribution in [0, 0.1) is 0 Å². The maximum Gasteiger partial charge on any atom is 0.237 e. The van der Waals surface area contributed by atoms with Crippen molar-refractivity contribution in [1.29, 1.82) is 0 Å². The Labute approximate surface area is 205 Å². The first kappa shape index (κ1) is 25.2. The van der Waals surface area contributed by atoms with Gasteiger partial charge in [-0.05, 0) is 23.6 Å². The topological polar surface area (TPSA) is 213 Å². The molecule has 1 amide bonds. The molecule has 3 aromatic rings. The second-order valence-corrected chi connectivity index (χ2v) is 8.55. The predicted octanol–water partition coefficient (Wildman–Crippen LogP) is -0.597. The summed E-state index contributed by atoms with van der Waals surface area (Å²) in [6.45, 7) is -0.309. The first-order valence-corrected chi connectivity index (χ1v) is 11.1. The minimum absolute atomic E-state index is 0.126. The van der Waals surface area contributed by atoms with Crippen LogP contribution in [-0.4, -0.2) is 85.6 Å². The molecule has 0 aromatic carbocycles. The molecule has 1 aliphatic heterocycles.